The van der Waals surface area contributed by atoms with E-state index in [0.717, 1.165) is 15.5 Å². The lowest BCUT2D eigenvalue weighted by Crippen LogP contribution is -2.22. The molecule has 0 spiro atoms. The van der Waals surface area contributed by atoms with Crippen LogP contribution in [-0.2, 0) is 27.9 Å². The smallest absolute Gasteiger partial charge is 0.338 e. The lowest BCUT2D eigenvalue weighted by atomic mass is 10.2. The maximum Gasteiger partial charge on any atom is 0.338 e. The second kappa shape index (κ2) is 8.45. The van der Waals surface area contributed by atoms with Crippen LogP contribution in [0.2, 0.25) is 0 Å². The Hall–Kier alpha value is -2.91. The monoisotopic (exact) mass is 430 g/mol. The number of aromatic nitrogens is 2. The van der Waals surface area contributed by atoms with Crippen molar-refractivity contribution in [2.45, 2.75) is 25.0 Å². The van der Waals surface area contributed by atoms with Gasteiger partial charge < -0.3 is 14.2 Å². The van der Waals surface area contributed by atoms with E-state index in [1.54, 1.807) is 36.4 Å². The number of ether oxygens (including phenoxy) is 1. The van der Waals surface area contributed by atoms with Crippen molar-refractivity contribution in [3.63, 3.8) is 0 Å². The third kappa shape index (κ3) is 4.17. The molecular weight excluding hydrogens is 404 g/mol. The highest BCUT2D eigenvalue weighted by Crippen LogP contribution is 2.23. The number of sulfonamides is 1. The average Bonchev–Trinajstić information content (AvgIpc) is 3.08. The Kier molecular flexibility index (Phi) is 6.14. The van der Waals surface area contributed by atoms with Crippen LogP contribution in [0.4, 0.5) is 5.69 Å². The summed E-state index contributed by atoms with van der Waals surface area (Å²) in [5.41, 5.74) is 2.69. The lowest BCUT2D eigenvalue weighted by Gasteiger charge is -2.13. The SMILES string of the molecule is CCn1c(COC(=O)c2cccc(N(C)C)c2)nc2cc(S(=O)(=O)N(C)C)ccc21. The van der Waals surface area contributed by atoms with Gasteiger partial charge in [0.15, 0.2) is 0 Å². The maximum atomic E-state index is 12.5. The summed E-state index contributed by atoms with van der Waals surface area (Å²) in [6.45, 7) is 2.56. The first-order valence-electron chi connectivity index (χ1n) is 9.51. The van der Waals surface area contributed by atoms with Gasteiger partial charge in [-0.25, -0.2) is 22.5 Å². The summed E-state index contributed by atoms with van der Waals surface area (Å²) >= 11 is 0. The Morgan fingerprint density at radius 3 is 2.47 bits per heavy atom. The molecule has 30 heavy (non-hydrogen) atoms. The first-order chi connectivity index (χ1) is 14.1. The van der Waals surface area contributed by atoms with Crippen LogP contribution in [0.3, 0.4) is 0 Å². The van der Waals surface area contributed by atoms with Gasteiger partial charge in [0.25, 0.3) is 0 Å². The number of rotatable bonds is 7. The summed E-state index contributed by atoms with van der Waals surface area (Å²) in [5.74, 6) is 0.119. The van der Waals surface area contributed by atoms with Crippen molar-refractivity contribution in [3.8, 4) is 0 Å². The molecule has 0 unspecified atom stereocenters. The summed E-state index contributed by atoms with van der Waals surface area (Å²) in [6, 6.07) is 12.0. The van der Waals surface area contributed by atoms with E-state index in [9.17, 15) is 13.2 Å². The van der Waals surface area contributed by atoms with E-state index in [-0.39, 0.29) is 11.5 Å². The predicted molar refractivity (Wildman–Crippen MR) is 116 cm³/mol. The molecule has 0 saturated carbocycles. The van der Waals surface area contributed by atoms with Crippen LogP contribution >= 0.6 is 0 Å². The number of fused-ring (bicyclic) bond motifs is 1. The molecule has 1 heterocycles. The molecular formula is C21H26N4O4S. The minimum atomic E-state index is -3.56. The standard InChI is InChI=1S/C21H26N4O4S/c1-6-25-19-11-10-17(30(27,28)24(4)5)13-18(19)22-20(25)14-29-21(26)15-8-7-9-16(12-15)23(2)3/h7-13H,6,14H2,1-5H3. The Morgan fingerprint density at radius 1 is 1.10 bits per heavy atom. The first kappa shape index (κ1) is 21.8. The number of aryl methyl sites for hydroxylation is 1. The molecule has 3 rings (SSSR count). The zero-order chi connectivity index (χ0) is 22.1. The molecule has 1 aromatic heterocycles. The van der Waals surface area contributed by atoms with E-state index >= 15 is 0 Å². The molecule has 9 heteroatoms. The summed E-state index contributed by atoms with van der Waals surface area (Å²) in [5, 5.41) is 0. The highest BCUT2D eigenvalue weighted by atomic mass is 32.2. The third-order valence-corrected chi connectivity index (χ3v) is 6.64. The predicted octanol–water partition coefficient (Wildman–Crippen LogP) is 2.73. The number of nitrogens with zero attached hydrogens (tertiary/aromatic N) is 4. The quantitative estimate of drug-likeness (QED) is 0.536. The molecule has 0 fully saturated rings. The summed E-state index contributed by atoms with van der Waals surface area (Å²) < 4.78 is 33.4. The van der Waals surface area contributed by atoms with Gasteiger partial charge in [0.05, 0.1) is 21.5 Å². The number of hydrogen-bond acceptors (Lipinski definition) is 6. The highest BCUT2D eigenvalue weighted by Gasteiger charge is 2.20. The van der Waals surface area contributed by atoms with Crippen LogP contribution in [0, 0.1) is 0 Å². The van der Waals surface area contributed by atoms with Crippen molar-refractivity contribution in [2.75, 3.05) is 33.1 Å². The van der Waals surface area contributed by atoms with E-state index in [4.69, 9.17) is 4.74 Å². The van der Waals surface area contributed by atoms with Crippen molar-refractivity contribution < 1.29 is 17.9 Å². The first-order valence-corrected chi connectivity index (χ1v) is 11.0. The topological polar surface area (TPSA) is 84.7 Å². The van der Waals surface area contributed by atoms with Gasteiger partial charge >= 0.3 is 5.97 Å². The summed E-state index contributed by atoms with van der Waals surface area (Å²) in [7, 11) is 3.22. The number of esters is 1. The molecule has 0 saturated heterocycles. The molecule has 0 aliphatic heterocycles. The number of carbonyl (C=O) groups is 1. The molecule has 0 atom stereocenters. The maximum absolute atomic E-state index is 12.5. The van der Waals surface area contributed by atoms with Crippen molar-refractivity contribution in [1.29, 1.82) is 0 Å². The molecule has 0 N–H and O–H groups in total. The van der Waals surface area contributed by atoms with Gasteiger partial charge in [-0.1, -0.05) is 6.07 Å². The minimum absolute atomic E-state index is 0.0106. The van der Waals surface area contributed by atoms with Gasteiger partial charge in [-0.3, -0.25) is 0 Å². The fraction of sp³-hybridized carbons (Fsp3) is 0.333. The molecule has 8 nitrogen and oxygen atoms in total. The van der Waals surface area contributed by atoms with Gasteiger partial charge in [-0.2, -0.15) is 0 Å². The number of imidazole rings is 1. The third-order valence-electron chi connectivity index (χ3n) is 4.82. The van der Waals surface area contributed by atoms with Crippen LogP contribution in [0.1, 0.15) is 23.1 Å². The van der Waals surface area contributed by atoms with E-state index in [1.165, 1.54) is 14.1 Å². The van der Waals surface area contributed by atoms with Gasteiger partial charge in [0, 0.05) is 40.4 Å². The second-order valence-corrected chi connectivity index (χ2v) is 9.38. The largest absolute Gasteiger partial charge is 0.454 e. The normalized spacial score (nSPS) is 11.8. The molecule has 2 aromatic carbocycles. The van der Waals surface area contributed by atoms with Crippen molar-refractivity contribution in [3.05, 3.63) is 53.9 Å². The van der Waals surface area contributed by atoms with Crippen molar-refractivity contribution in [1.82, 2.24) is 13.9 Å². The molecule has 0 aliphatic rings. The molecule has 0 amide bonds. The van der Waals surface area contributed by atoms with Crippen LogP contribution in [0.25, 0.3) is 11.0 Å². The minimum Gasteiger partial charge on any atom is -0.454 e. The van der Waals surface area contributed by atoms with Gasteiger partial charge in [0.2, 0.25) is 10.0 Å². The zero-order valence-corrected chi connectivity index (χ0v) is 18.6. The number of benzene rings is 2. The zero-order valence-electron chi connectivity index (χ0n) is 17.8. The van der Waals surface area contributed by atoms with E-state index in [0.29, 0.717) is 23.4 Å². The average molecular weight is 431 g/mol. The molecule has 160 valence electrons. The fourth-order valence-electron chi connectivity index (χ4n) is 3.12. The van der Waals surface area contributed by atoms with Gasteiger partial charge in [0.1, 0.15) is 12.4 Å². The Balaban J connectivity index is 1.87. The van der Waals surface area contributed by atoms with E-state index in [2.05, 4.69) is 4.98 Å². The van der Waals surface area contributed by atoms with Crippen LogP contribution in [0.5, 0.6) is 0 Å². The summed E-state index contributed by atoms with van der Waals surface area (Å²) in [4.78, 5) is 19.1. The fourth-order valence-corrected chi connectivity index (χ4v) is 4.04. The summed E-state index contributed by atoms with van der Waals surface area (Å²) in [6.07, 6.45) is 0. The lowest BCUT2D eigenvalue weighted by molar-refractivity contribution is 0.0459. The number of hydrogen-bond donors (Lipinski definition) is 0. The highest BCUT2D eigenvalue weighted by molar-refractivity contribution is 7.89. The van der Waals surface area contributed by atoms with E-state index in [1.807, 2.05) is 36.6 Å². The Labute approximate surface area is 176 Å². The number of anilines is 1. The van der Waals surface area contributed by atoms with Gasteiger partial charge in [-0.05, 0) is 43.3 Å². The van der Waals surface area contributed by atoms with Crippen LogP contribution < -0.4 is 4.90 Å². The Morgan fingerprint density at radius 2 is 1.83 bits per heavy atom. The molecule has 0 bridgehead atoms. The van der Waals surface area contributed by atoms with Crippen LogP contribution in [-0.4, -0.2) is 56.4 Å². The van der Waals surface area contributed by atoms with Crippen LogP contribution in [0.15, 0.2) is 47.4 Å². The van der Waals surface area contributed by atoms with E-state index < -0.39 is 16.0 Å². The van der Waals surface area contributed by atoms with Gasteiger partial charge in [-0.15, -0.1) is 0 Å². The number of carbonyl (C=O) groups excluding carboxylic acids is 1. The second-order valence-electron chi connectivity index (χ2n) is 7.23. The molecule has 3 aromatic rings. The Bertz CT molecular complexity index is 1180. The van der Waals surface area contributed by atoms with Crippen molar-refractivity contribution >= 4 is 32.7 Å². The molecule has 0 aliphatic carbocycles. The molecule has 0 radical (unpaired) electrons. The van der Waals surface area contributed by atoms with Crippen molar-refractivity contribution in [2.24, 2.45) is 0 Å².